The van der Waals surface area contributed by atoms with E-state index in [2.05, 4.69) is 15.9 Å². The van der Waals surface area contributed by atoms with Crippen molar-refractivity contribution in [3.05, 3.63) is 0 Å². The highest BCUT2D eigenvalue weighted by atomic mass is 32.2. The van der Waals surface area contributed by atoms with Crippen molar-refractivity contribution < 1.29 is 4.79 Å². The summed E-state index contributed by atoms with van der Waals surface area (Å²) in [6, 6.07) is -0.572. The van der Waals surface area contributed by atoms with E-state index in [1.807, 2.05) is 0 Å². The summed E-state index contributed by atoms with van der Waals surface area (Å²) in [6.45, 7) is 1.68. The summed E-state index contributed by atoms with van der Waals surface area (Å²) in [5.74, 6) is 2.57. The number of urea groups is 1. The van der Waals surface area contributed by atoms with E-state index in [1.54, 1.807) is 6.92 Å². The molecule has 44 valence electrons. The fraction of sp³-hybridized carbons (Fsp3) is 0.250. The number of hydrogen-bond donors (Lipinski definition) is 2. The number of hydrogen-bond acceptors (Lipinski definition) is 2. The van der Waals surface area contributed by atoms with Gasteiger partial charge in [0.25, 0.3) is 0 Å². The molecule has 0 aliphatic carbocycles. The third-order valence-corrected chi connectivity index (χ3v) is 0.914. The van der Waals surface area contributed by atoms with E-state index in [9.17, 15) is 4.79 Å². The first-order chi connectivity index (χ1) is 3.77. The molecule has 0 aromatic rings. The Morgan fingerprint density at radius 1 is 1.88 bits per heavy atom. The van der Waals surface area contributed by atoms with Crippen LogP contribution in [0.5, 0.6) is 0 Å². The number of nitrogens with two attached hydrogens (primary N) is 1. The summed E-state index contributed by atoms with van der Waals surface area (Å²) in [6.07, 6.45) is 0. The third-order valence-electron chi connectivity index (χ3n) is 0.305. The monoisotopic (exact) mass is 130 g/mol. The molecule has 3 nitrogen and oxygen atoms in total. The van der Waals surface area contributed by atoms with Gasteiger partial charge in [0.05, 0.1) is 0 Å². The van der Waals surface area contributed by atoms with Crippen LogP contribution in [0.3, 0.4) is 0 Å². The highest BCUT2D eigenvalue weighted by Crippen LogP contribution is 1.84. The van der Waals surface area contributed by atoms with E-state index in [1.165, 1.54) is 0 Å². The fourth-order valence-corrected chi connectivity index (χ4v) is 0.381. The molecule has 0 bridgehead atoms. The molecule has 0 heterocycles. The maximum Gasteiger partial charge on any atom is 0.322 e. The summed E-state index contributed by atoms with van der Waals surface area (Å²) >= 11 is 0.976. The largest absolute Gasteiger partial charge is 0.351 e. The molecule has 0 fully saturated rings. The Morgan fingerprint density at radius 3 is 2.88 bits per heavy atom. The van der Waals surface area contributed by atoms with Crippen LogP contribution >= 0.6 is 11.9 Å². The molecule has 0 radical (unpaired) electrons. The Bertz CT molecular complexity index is 135. The molecule has 0 saturated heterocycles. The van der Waals surface area contributed by atoms with Crippen molar-refractivity contribution in [3.8, 4) is 11.2 Å². The summed E-state index contributed by atoms with van der Waals surface area (Å²) in [4.78, 5) is 9.90. The van der Waals surface area contributed by atoms with Crippen LogP contribution in [0.1, 0.15) is 6.92 Å². The molecule has 0 spiro atoms. The lowest BCUT2D eigenvalue weighted by atomic mass is 10.9. The molecule has 2 amide bonds. The zero-order valence-electron chi connectivity index (χ0n) is 4.39. The molecule has 4 heteroatoms. The normalized spacial score (nSPS) is 6.62. The van der Waals surface area contributed by atoms with E-state index in [0.717, 1.165) is 11.9 Å². The molecule has 0 unspecified atom stereocenters. The Kier molecular flexibility index (Phi) is 3.90. The first-order valence-electron chi connectivity index (χ1n) is 1.90. The van der Waals surface area contributed by atoms with Gasteiger partial charge in [0.15, 0.2) is 0 Å². The number of amides is 2. The maximum atomic E-state index is 9.90. The Labute approximate surface area is 52.1 Å². The van der Waals surface area contributed by atoms with E-state index in [4.69, 9.17) is 5.73 Å². The van der Waals surface area contributed by atoms with E-state index < -0.39 is 6.03 Å². The number of rotatable bonds is 1. The van der Waals surface area contributed by atoms with Crippen molar-refractivity contribution in [1.82, 2.24) is 4.72 Å². The third kappa shape index (κ3) is 5.18. The van der Waals surface area contributed by atoms with Gasteiger partial charge < -0.3 is 5.73 Å². The van der Waals surface area contributed by atoms with Crippen LogP contribution in [0.25, 0.3) is 0 Å². The lowest BCUT2D eigenvalue weighted by Crippen LogP contribution is -2.22. The second-order valence-electron chi connectivity index (χ2n) is 0.920. The summed E-state index contributed by atoms with van der Waals surface area (Å²) < 4.78 is 2.23. The number of carbonyl (C=O) groups excluding carboxylic acids is 1. The average molecular weight is 130 g/mol. The van der Waals surface area contributed by atoms with Crippen LogP contribution in [0.4, 0.5) is 4.79 Å². The molecular formula is C4H6N2OS. The molecule has 0 atom stereocenters. The van der Waals surface area contributed by atoms with Crippen molar-refractivity contribution in [2.24, 2.45) is 5.73 Å². The zero-order valence-corrected chi connectivity index (χ0v) is 5.21. The van der Waals surface area contributed by atoms with Crippen molar-refractivity contribution in [1.29, 1.82) is 0 Å². The van der Waals surface area contributed by atoms with Crippen LogP contribution in [0.2, 0.25) is 0 Å². The fourth-order valence-electron chi connectivity index (χ4n) is 0.127. The van der Waals surface area contributed by atoms with Crippen LogP contribution in [-0.4, -0.2) is 6.03 Å². The molecule has 0 aliphatic rings. The second-order valence-corrected chi connectivity index (χ2v) is 1.53. The van der Waals surface area contributed by atoms with Crippen molar-refractivity contribution in [3.63, 3.8) is 0 Å². The highest BCUT2D eigenvalue weighted by molar-refractivity contribution is 8.02. The lowest BCUT2D eigenvalue weighted by Gasteiger charge is -1.87. The minimum Gasteiger partial charge on any atom is -0.351 e. The molecule has 3 N–H and O–H groups in total. The van der Waals surface area contributed by atoms with Crippen molar-refractivity contribution in [2.45, 2.75) is 6.92 Å². The van der Waals surface area contributed by atoms with Crippen LogP contribution in [0, 0.1) is 11.2 Å². The lowest BCUT2D eigenvalue weighted by molar-refractivity contribution is 0.254. The first-order valence-corrected chi connectivity index (χ1v) is 2.72. The Morgan fingerprint density at radius 2 is 2.50 bits per heavy atom. The summed E-state index contributed by atoms with van der Waals surface area (Å²) in [5.41, 5.74) is 4.69. The minimum absolute atomic E-state index is 0.572. The predicted octanol–water partition coefficient (Wildman–Crippen LogP) is 0.284. The van der Waals surface area contributed by atoms with Gasteiger partial charge in [-0.2, -0.15) is 0 Å². The Balaban J connectivity index is 3.14. The van der Waals surface area contributed by atoms with Gasteiger partial charge >= 0.3 is 6.03 Å². The van der Waals surface area contributed by atoms with Crippen LogP contribution in [0.15, 0.2) is 0 Å². The van der Waals surface area contributed by atoms with Gasteiger partial charge in [0, 0.05) is 11.9 Å². The molecule has 0 rings (SSSR count). The van der Waals surface area contributed by atoms with Crippen LogP contribution in [-0.2, 0) is 0 Å². The van der Waals surface area contributed by atoms with E-state index in [-0.39, 0.29) is 0 Å². The van der Waals surface area contributed by atoms with Gasteiger partial charge in [-0.3, -0.25) is 4.72 Å². The van der Waals surface area contributed by atoms with Gasteiger partial charge in [0.1, 0.15) is 0 Å². The molecule has 0 aliphatic heterocycles. The molecule has 0 aromatic carbocycles. The zero-order chi connectivity index (χ0) is 6.41. The van der Waals surface area contributed by atoms with Gasteiger partial charge in [0.2, 0.25) is 0 Å². The Hall–Kier alpha value is -0.820. The minimum atomic E-state index is -0.572. The first kappa shape index (κ1) is 7.18. The summed E-state index contributed by atoms with van der Waals surface area (Å²) in [7, 11) is 0. The molecule has 0 aromatic heterocycles. The number of carbonyl (C=O) groups is 1. The van der Waals surface area contributed by atoms with Gasteiger partial charge in [-0.25, -0.2) is 4.79 Å². The standard InChI is InChI=1S/C4H6N2OS/c1-2-3-8-6-4(5)7/h1H3,(H3,5,6,7). The molecular weight excluding hydrogens is 124 g/mol. The quantitative estimate of drug-likeness (QED) is 0.396. The SMILES string of the molecule is CC#CSNC(N)=O. The summed E-state index contributed by atoms with van der Waals surface area (Å²) in [5, 5.41) is 2.53. The molecule has 8 heavy (non-hydrogen) atoms. The predicted molar refractivity (Wildman–Crippen MR) is 33.8 cm³/mol. The van der Waals surface area contributed by atoms with Gasteiger partial charge in [-0.1, -0.05) is 5.92 Å². The topological polar surface area (TPSA) is 55.1 Å². The number of nitrogens with one attached hydrogen (secondary N) is 1. The van der Waals surface area contributed by atoms with E-state index in [0.29, 0.717) is 0 Å². The van der Waals surface area contributed by atoms with Crippen molar-refractivity contribution in [2.75, 3.05) is 0 Å². The molecule has 0 saturated carbocycles. The number of primary amides is 1. The smallest absolute Gasteiger partial charge is 0.322 e. The van der Waals surface area contributed by atoms with Crippen LogP contribution < -0.4 is 10.5 Å². The van der Waals surface area contributed by atoms with Gasteiger partial charge in [-0.05, 0) is 12.2 Å². The van der Waals surface area contributed by atoms with E-state index >= 15 is 0 Å². The van der Waals surface area contributed by atoms with Crippen molar-refractivity contribution >= 4 is 18.0 Å². The highest BCUT2D eigenvalue weighted by Gasteiger charge is 1.83. The maximum absolute atomic E-state index is 9.90. The van der Waals surface area contributed by atoms with Gasteiger partial charge in [-0.15, -0.1) is 0 Å². The second kappa shape index (κ2) is 4.34. The average Bonchev–Trinajstić information content (AvgIpc) is 1.66.